The van der Waals surface area contributed by atoms with E-state index in [0.29, 0.717) is 13.0 Å². The number of hydrogen-bond acceptors (Lipinski definition) is 5. The lowest BCUT2D eigenvalue weighted by molar-refractivity contribution is 0.213. The molecule has 0 rings (SSSR count). The quantitative estimate of drug-likeness (QED) is 0.0995. The summed E-state index contributed by atoms with van der Waals surface area (Å²) in [7, 11) is -6.63. The first-order valence-corrected chi connectivity index (χ1v) is 16.3. The zero-order valence-corrected chi connectivity index (χ0v) is 24.3. The van der Waals surface area contributed by atoms with Crippen LogP contribution in [0, 0.1) is 0 Å². The van der Waals surface area contributed by atoms with Gasteiger partial charge in [-0.25, -0.2) is 0 Å². The smallest absolute Gasteiger partial charge is 0.328 e. The molecule has 0 aromatic heterocycles. The normalized spacial score (nSPS) is 15.9. The van der Waals surface area contributed by atoms with Gasteiger partial charge in [-0.2, -0.15) is 0 Å². The van der Waals surface area contributed by atoms with Gasteiger partial charge in [-0.1, -0.05) is 41.4 Å². The maximum atomic E-state index is 13.4. The molecule has 2 atom stereocenters. The molecular weight excluding hydrogens is 454 g/mol. The largest absolute Gasteiger partial charge is 0.343 e. The fourth-order valence-electron chi connectivity index (χ4n) is 3.72. The summed E-state index contributed by atoms with van der Waals surface area (Å²) in [5.41, 5.74) is 4.23. The van der Waals surface area contributed by atoms with Crippen molar-refractivity contribution in [2.24, 2.45) is 0 Å². The highest BCUT2D eigenvalue weighted by atomic mass is 31.2. The summed E-state index contributed by atoms with van der Waals surface area (Å²) in [6, 6.07) is 0. The Morgan fingerprint density at radius 3 is 1.70 bits per heavy atom. The van der Waals surface area contributed by atoms with E-state index in [1.165, 1.54) is 16.7 Å². The van der Waals surface area contributed by atoms with Crippen LogP contribution in [0.3, 0.4) is 0 Å². The maximum absolute atomic E-state index is 13.4. The zero-order chi connectivity index (χ0) is 25.3. The van der Waals surface area contributed by atoms with E-state index in [1.807, 2.05) is 0 Å². The molecule has 0 heterocycles. The van der Waals surface area contributed by atoms with Crippen molar-refractivity contribution in [2.45, 2.75) is 105 Å². The van der Waals surface area contributed by atoms with Gasteiger partial charge in [-0.15, -0.1) is 0 Å². The predicted octanol–water partition coefficient (Wildman–Crippen LogP) is 9.50. The van der Waals surface area contributed by atoms with Crippen LogP contribution in [0.15, 0.2) is 34.9 Å². The van der Waals surface area contributed by atoms with Crippen molar-refractivity contribution in [3.8, 4) is 0 Å². The van der Waals surface area contributed by atoms with E-state index >= 15 is 0 Å². The lowest BCUT2D eigenvalue weighted by atomic mass is 10.1. The number of allylic oxidation sites excluding steroid dienone is 6. The highest BCUT2D eigenvalue weighted by Crippen LogP contribution is 2.69. The second-order valence-electron chi connectivity index (χ2n) is 8.93. The van der Waals surface area contributed by atoms with Gasteiger partial charge in [0.2, 0.25) is 7.37 Å². The van der Waals surface area contributed by atoms with Crippen LogP contribution < -0.4 is 0 Å². The molecule has 0 aliphatic heterocycles. The van der Waals surface area contributed by atoms with Crippen molar-refractivity contribution in [3.63, 3.8) is 0 Å². The van der Waals surface area contributed by atoms with Gasteiger partial charge >= 0.3 is 7.60 Å². The third-order valence-electron chi connectivity index (χ3n) is 5.44. The molecule has 0 saturated carbocycles. The maximum Gasteiger partial charge on any atom is 0.343 e. The summed E-state index contributed by atoms with van der Waals surface area (Å²) >= 11 is 0. The topological polar surface area (TPSA) is 61.8 Å². The first-order chi connectivity index (χ1) is 15.5. The van der Waals surface area contributed by atoms with Crippen molar-refractivity contribution in [1.29, 1.82) is 0 Å². The molecule has 0 N–H and O–H groups in total. The third kappa shape index (κ3) is 14.5. The minimum atomic E-state index is -3.50. The monoisotopic (exact) mass is 504 g/mol. The standard InChI is InChI=1S/C26H50O5P2/c1-9-29-32(8,27)26(33(28,30-10-2)31-11-3)22-14-12-13-18-24(6)20-16-21-25(7)19-15-17-23(4)5/h17-18,21,26H,9-16,19-20,22H2,1-8H3/b24-18+,25-21+. The van der Waals surface area contributed by atoms with Gasteiger partial charge in [0.1, 0.15) is 5.40 Å². The molecule has 2 unspecified atom stereocenters. The van der Waals surface area contributed by atoms with E-state index in [-0.39, 0.29) is 13.2 Å². The molecule has 33 heavy (non-hydrogen) atoms. The summed E-state index contributed by atoms with van der Waals surface area (Å²) in [6.45, 7) is 16.4. The summed E-state index contributed by atoms with van der Waals surface area (Å²) < 4.78 is 43.1. The zero-order valence-electron chi connectivity index (χ0n) is 22.5. The summed E-state index contributed by atoms with van der Waals surface area (Å²) in [5.74, 6) is 0. The van der Waals surface area contributed by atoms with Crippen molar-refractivity contribution in [3.05, 3.63) is 34.9 Å². The molecular formula is C26H50O5P2. The van der Waals surface area contributed by atoms with E-state index in [0.717, 1.165) is 44.9 Å². The number of hydrogen-bond donors (Lipinski definition) is 0. The highest BCUT2D eigenvalue weighted by molar-refractivity contribution is 7.74. The molecule has 0 aliphatic carbocycles. The summed E-state index contributed by atoms with van der Waals surface area (Å²) in [5, 5.41) is -0.714. The number of unbranched alkanes of at least 4 members (excludes halogenated alkanes) is 2. The van der Waals surface area contributed by atoms with Crippen LogP contribution in [0.1, 0.15) is 99.8 Å². The third-order valence-corrected chi connectivity index (χ3v) is 11.9. The van der Waals surface area contributed by atoms with Crippen LogP contribution in [0.4, 0.5) is 0 Å². The Kier molecular flexibility index (Phi) is 17.7. The van der Waals surface area contributed by atoms with Crippen molar-refractivity contribution in [1.82, 2.24) is 0 Å². The molecule has 0 saturated heterocycles. The molecule has 0 radical (unpaired) electrons. The van der Waals surface area contributed by atoms with Crippen LogP contribution in [-0.4, -0.2) is 31.9 Å². The van der Waals surface area contributed by atoms with E-state index in [1.54, 1.807) is 27.4 Å². The molecule has 0 amide bonds. The van der Waals surface area contributed by atoms with Gasteiger partial charge in [0, 0.05) is 6.66 Å². The molecule has 0 spiro atoms. The van der Waals surface area contributed by atoms with Gasteiger partial charge < -0.3 is 13.6 Å². The van der Waals surface area contributed by atoms with E-state index in [9.17, 15) is 9.13 Å². The van der Waals surface area contributed by atoms with Gasteiger partial charge in [0.25, 0.3) is 0 Å². The molecule has 0 bridgehead atoms. The van der Waals surface area contributed by atoms with Crippen molar-refractivity contribution in [2.75, 3.05) is 26.5 Å². The fraction of sp³-hybridized carbons (Fsp3) is 0.769. The Morgan fingerprint density at radius 1 is 0.727 bits per heavy atom. The van der Waals surface area contributed by atoms with Crippen LogP contribution in [0.2, 0.25) is 0 Å². The number of rotatable bonds is 19. The molecule has 7 heteroatoms. The van der Waals surface area contributed by atoms with E-state index in [2.05, 4.69) is 45.9 Å². The fourth-order valence-corrected chi connectivity index (χ4v) is 9.35. The Labute approximate surface area is 204 Å². The lowest BCUT2D eigenvalue weighted by Gasteiger charge is -2.30. The minimum absolute atomic E-state index is 0.255. The van der Waals surface area contributed by atoms with Crippen LogP contribution in [0.5, 0.6) is 0 Å². The van der Waals surface area contributed by atoms with Gasteiger partial charge in [-0.3, -0.25) is 9.13 Å². The summed E-state index contributed by atoms with van der Waals surface area (Å²) in [6.07, 6.45) is 14.5. The van der Waals surface area contributed by atoms with Crippen molar-refractivity contribution >= 4 is 15.0 Å². The Balaban J connectivity index is 4.73. The lowest BCUT2D eigenvalue weighted by Crippen LogP contribution is -2.15. The molecule has 0 aliphatic rings. The van der Waals surface area contributed by atoms with Crippen molar-refractivity contribution < 1.29 is 22.7 Å². The molecule has 0 aromatic rings. The average Bonchev–Trinajstić information content (AvgIpc) is 2.70. The highest BCUT2D eigenvalue weighted by Gasteiger charge is 2.46. The predicted molar refractivity (Wildman–Crippen MR) is 144 cm³/mol. The molecule has 194 valence electrons. The second-order valence-corrected chi connectivity index (χ2v) is 14.3. The van der Waals surface area contributed by atoms with E-state index < -0.39 is 20.4 Å². The van der Waals surface area contributed by atoms with Gasteiger partial charge in [0.15, 0.2) is 0 Å². The van der Waals surface area contributed by atoms with Crippen LogP contribution >= 0.6 is 15.0 Å². The van der Waals surface area contributed by atoms with Gasteiger partial charge in [0.05, 0.1) is 19.8 Å². The first kappa shape index (κ1) is 32.6. The van der Waals surface area contributed by atoms with Crippen LogP contribution in [-0.2, 0) is 22.7 Å². The SMILES string of the molecule is CCOP(C)(=O)C(CCCC/C=C(\C)CC/C=C(\C)CCC=C(C)C)P(=O)(OCC)OCC. The summed E-state index contributed by atoms with van der Waals surface area (Å²) in [4.78, 5) is 0. The minimum Gasteiger partial charge on any atom is -0.328 e. The van der Waals surface area contributed by atoms with Gasteiger partial charge in [-0.05, 0) is 93.4 Å². The average molecular weight is 505 g/mol. The Bertz CT molecular complexity index is 710. The second kappa shape index (κ2) is 17.9. The molecule has 0 fully saturated rings. The van der Waals surface area contributed by atoms with Crippen LogP contribution in [0.25, 0.3) is 0 Å². The Morgan fingerprint density at radius 2 is 1.21 bits per heavy atom. The molecule has 5 nitrogen and oxygen atoms in total. The first-order valence-electron chi connectivity index (χ1n) is 12.6. The molecule has 0 aromatic carbocycles. The van der Waals surface area contributed by atoms with E-state index in [4.69, 9.17) is 13.6 Å². The Hall–Kier alpha value is -0.440.